The molecule has 78 valence electrons. The standard InChI is InChI=1S/C11H17NO2/c1-8-2-4-11(14-8)7-13-10-5-3-9(12)6-10/h2,4,9-10H,3,5-7,12H2,1H3. The molecule has 0 aromatic carbocycles. The lowest BCUT2D eigenvalue weighted by Crippen LogP contribution is -2.17. The van der Waals surface area contributed by atoms with Crippen LogP contribution < -0.4 is 5.73 Å². The van der Waals surface area contributed by atoms with Crippen molar-refractivity contribution >= 4 is 0 Å². The molecule has 0 bridgehead atoms. The molecule has 1 aromatic rings. The summed E-state index contributed by atoms with van der Waals surface area (Å²) in [4.78, 5) is 0. The van der Waals surface area contributed by atoms with Crippen LogP contribution in [-0.4, -0.2) is 12.1 Å². The molecule has 1 aliphatic rings. The van der Waals surface area contributed by atoms with Crippen LogP contribution in [0.15, 0.2) is 16.5 Å². The van der Waals surface area contributed by atoms with Crippen LogP contribution in [0.4, 0.5) is 0 Å². The molecule has 0 spiro atoms. The van der Waals surface area contributed by atoms with Gasteiger partial charge in [-0.15, -0.1) is 0 Å². The van der Waals surface area contributed by atoms with Crippen molar-refractivity contribution in [2.75, 3.05) is 0 Å². The Hall–Kier alpha value is -0.800. The second kappa shape index (κ2) is 4.15. The number of rotatable bonds is 3. The SMILES string of the molecule is Cc1ccc(COC2CCC(N)C2)o1. The number of nitrogens with two attached hydrogens (primary N) is 1. The molecule has 1 fully saturated rings. The Kier molecular flexibility index (Phi) is 2.89. The predicted molar refractivity (Wildman–Crippen MR) is 53.8 cm³/mol. The second-order valence-corrected chi connectivity index (χ2v) is 4.02. The van der Waals surface area contributed by atoms with Gasteiger partial charge in [0.25, 0.3) is 0 Å². The average Bonchev–Trinajstić information content (AvgIpc) is 2.72. The van der Waals surface area contributed by atoms with Crippen LogP contribution in [0.3, 0.4) is 0 Å². The van der Waals surface area contributed by atoms with Crippen molar-refractivity contribution in [2.24, 2.45) is 5.73 Å². The third-order valence-electron chi connectivity index (χ3n) is 2.68. The van der Waals surface area contributed by atoms with Crippen LogP contribution in [0.25, 0.3) is 0 Å². The lowest BCUT2D eigenvalue weighted by molar-refractivity contribution is 0.0346. The maximum atomic E-state index is 5.79. The minimum atomic E-state index is 0.329. The molecule has 2 rings (SSSR count). The number of furan rings is 1. The van der Waals surface area contributed by atoms with Crippen LogP contribution in [0.2, 0.25) is 0 Å². The van der Waals surface area contributed by atoms with Gasteiger partial charge in [-0.3, -0.25) is 0 Å². The lowest BCUT2D eigenvalue weighted by atomic mass is 10.3. The highest BCUT2D eigenvalue weighted by Gasteiger charge is 2.22. The summed E-state index contributed by atoms with van der Waals surface area (Å²) >= 11 is 0. The van der Waals surface area contributed by atoms with E-state index in [1.807, 2.05) is 19.1 Å². The first kappa shape index (κ1) is 9.74. The summed E-state index contributed by atoms with van der Waals surface area (Å²) in [5.74, 6) is 1.84. The molecule has 2 N–H and O–H groups in total. The van der Waals surface area contributed by atoms with Crippen LogP contribution in [0.5, 0.6) is 0 Å². The Morgan fingerprint density at radius 1 is 1.50 bits per heavy atom. The molecule has 0 aliphatic heterocycles. The van der Waals surface area contributed by atoms with Gasteiger partial charge in [0.05, 0.1) is 6.10 Å². The monoisotopic (exact) mass is 195 g/mol. The van der Waals surface area contributed by atoms with E-state index < -0.39 is 0 Å². The van der Waals surface area contributed by atoms with Crippen LogP contribution >= 0.6 is 0 Å². The number of ether oxygens (including phenoxy) is 1. The van der Waals surface area contributed by atoms with E-state index in [-0.39, 0.29) is 0 Å². The minimum Gasteiger partial charge on any atom is -0.464 e. The summed E-state index contributed by atoms with van der Waals surface area (Å²) in [6, 6.07) is 4.25. The Bertz CT molecular complexity index is 295. The molecule has 0 amide bonds. The summed E-state index contributed by atoms with van der Waals surface area (Å²) in [6.45, 7) is 2.51. The highest BCUT2D eigenvalue weighted by Crippen LogP contribution is 2.21. The molecule has 0 radical (unpaired) electrons. The second-order valence-electron chi connectivity index (χ2n) is 4.02. The molecular weight excluding hydrogens is 178 g/mol. The number of hydrogen-bond donors (Lipinski definition) is 1. The van der Waals surface area contributed by atoms with Crippen LogP contribution in [0.1, 0.15) is 30.8 Å². The van der Waals surface area contributed by atoms with Crippen molar-refractivity contribution < 1.29 is 9.15 Å². The van der Waals surface area contributed by atoms with Crippen molar-refractivity contribution in [3.63, 3.8) is 0 Å². The van der Waals surface area contributed by atoms with Crippen molar-refractivity contribution in [1.82, 2.24) is 0 Å². The van der Waals surface area contributed by atoms with Crippen molar-refractivity contribution in [3.8, 4) is 0 Å². The summed E-state index contributed by atoms with van der Waals surface area (Å²) < 4.78 is 11.1. The number of hydrogen-bond acceptors (Lipinski definition) is 3. The zero-order valence-corrected chi connectivity index (χ0v) is 8.53. The molecule has 2 atom stereocenters. The van der Waals surface area contributed by atoms with Crippen molar-refractivity contribution in [2.45, 2.75) is 44.9 Å². The van der Waals surface area contributed by atoms with Gasteiger partial charge in [0.2, 0.25) is 0 Å². The normalized spacial score (nSPS) is 27.0. The maximum Gasteiger partial charge on any atom is 0.129 e. The fourth-order valence-corrected chi connectivity index (χ4v) is 1.89. The molecule has 3 heteroatoms. The quantitative estimate of drug-likeness (QED) is 0.802. The number of aryl methyl sites for hydroxylation is 1. The van der Waals surface area contributed by atoms with E-state index in [1.165, 1.54) is 0 Å². The zero-order chi connectivity index (χ0) is 9.97. The predicted octanol–water partition coefficient (Wildman–Crippen LogP) is 1.98. The first-order valence-corrected chi connectivity index (χ1v) is 5.16. The van der Waals surface area contributed by atoms with Gasteiger partial charge in [0.15, 0.2) is 0 Å². The van der Waals surface area contributed by atoms with Gasteiger partial charge in [-0.1, -0.05) is 0 Å². The largest absolute Gasteiger partial charge is 0.464 e. The summed E-state index contributed by atoms with van der Waals surface area (Å²) in [6.07, 6.45) is 3.48. The summed E-state index contributed by atoms with van der Waals surface area (Å²) in [7, 11) is 0. The van der Waals surface area contributed by atoms with E-state index in [0.29, 0.717) is 18.8 Å². The first-order valence-electron chi connectivity index (χ1n) is 5.16. The molecule has 2 unspecified atom stereocenters. The molecule has 1 saturated carbocycles. The van der Waals surface area contributed by atoms with Crippen molar-refractivity contribution in [1.29, 1.82) is 0 Å². The highest BCUT2D eigenvalue weighted by molar-refractivity contribution is 5.04. The van der Waals surface area contributed by atoms with E-state index in [4.69, 9.17) is 14.9 Å². The van der Waals surface area contributed by atoms with E-state index >= 15 is 0 Å². The first-order chi connectivity index (χ1) is 6.74. The molecule has 1 aromatic heterocycles. The van der Waals surface area contributed by atoms with Crippen LogP contribution in [-0.2, 0) is 11.3 Å². The molecule has 14 heavy (non-hydrogen) atoms. The minimum absolute atomic E-state index is 0.329. The van der Waals surface area contributed by atoms with E-state index in [1.54, 1.807) is 0 Å². The highest BCUT2D eigenvalue weighted by atomic mass is 16.5. The lowest BCUT2D eigenvalue weighted by Gasteiger charge is -2.09. The van der Waals surface area contributed by atoms with Crippen LogP contribution in [0, 0.1) is 6.92 Å². The topological polar surface area (TPSA) is 48.4 Å². The molecule has 0 saturated heterocycles. The Morgan fingerprint density at radius 3 is 2.93 bits per heavy atom. The molecule has 1 heterocycles. The Morgan fingerprint density at radius 2 is 2.36 bits per heavy atom. The average molecular weight is 195 g/mol. The van der Waals surface area contributed by atoms with Gasteiger partial charge >= 0.3 is 0 Å². The summed E-state index contributed by atoms with van der Waals surface area (Å²) in [5, 5.41) is 0. The van der Waals surface area contributed by atoms with E-state index in [9.17, 15) is 0 Å². The zero-order valence-electron chi connectivity index (χ0n) is 8.53. The third kappa shape index (κ3) is 2.36. The summed E-state index contributed by atoms with van der Waals surface area (Å²) in [5.41, 5.74) is 5.79. The molecular formula is C11H17NO2. The van der Waals surface area contributed by atoms with Gasteiger partial charge < -0.3 is 14.9 Å². The van der Waals surface area contributed by atoms with Gasteiger partial charge in [-0.05, 0) is 38.3 Å². The maximum absolute atomic E-state index is 5.79. The fourth-order valence-electron chi connectivity index (χ4n) is 1.89. The van der Waals surface area contributed by atoms with Gasteiger partial charge in [0.1, 0.15) is 18.1 Å². The van der Waals surface area contributed by atoms with E-state index in [2.05, 4.69) is 0 Å². The smallest absolute Gasteiger partial charge is 0.129 e. The molecule has 1 aliphatic carbocycles. The Labute approximate surface area is 84.2 Å². The Balaban J connectivity index is 1.77. The third-order valence-corrected chi connectivity index (χ3v) is 2.68. The van der Waals surface area contributed by atoms with E-state index in [0.717, 1.165) is 30.8 Å². The van der Waals surface area contributed by atoms with Crippen molar-refractivity contribution in [3.05, 3.63) is 23.7 Å². The van der Waals surface area contributed by atoms with Gasteiger partial charge in [-0.2, -0.15) is 0 Å². The molecule has 3 nitrogen and oxygen atoms in total. The fraction of sp³-hybridized carbons (Fsp3) is 0.636. The van der Waals surface area contributed by atoms with Gasteiger partial charge in [-0.25, -0.2) is 0 Å². The van der Waals surface area contributed by atoms with Gasteiger partial charge in [0, 0.05) is 6.04 Å².